The Morgan fingerprint density at radius 2 is 1.75 bits per heavy atom. The van der Waals surface area contributed by atoms with Gasteiger partial charge >= 0.3 is 5.97 Å². The summed E-state index contributed by atoms with van der Waals surface area (Å²) in [6, 6.07) is 0. The summed E-state index contributed by atoms with van der Waals surface area (Å²) in [5, 5.41) is 8.80. The van der Waals surface area contributed by atoms with Gasteiger partial charge in [-0.3, -0.25) is 0 Å². The van der Waals surface area contributed by atoms with Crippen LogP contribution in [0.2, 0.25) is 0 Å². The zero-order chi connectivity index (χ0) is 13.1. The number of hydrogen-bond donors (Lipinski definition) is 1. The van der Waals surface area contributed by atoms with Crippen molar-refractivity contribution in [1.82, 2.24) is 0 Å². The molecule has 86 valence electrons. The third kappa shape index (κ3) is 5.60. The van der Waals surface area contributed by atoms with Gasteiger partial charge in [-0.2, -0.15) is 0 Å². The van der Waals surface area contributed by atoms with E-state index in [0.29, 0.717) is 11.1 Å². The third-order valence-electron chi connectivity index (χ3n) is 1.67. The van der Waals surface area contributed by atoms with E-state index < -0.39 is 5.97 Å². The average molecular weight is 218 g/mol. The first-order chi connectivity index (χ1) is 7.54. The van der Waals surface area contributed by atoms with Gasteiger partial charge in [0.2, 0.25) is 0 Å². The minimum Gasteiger partial charge on any atom is -0.478 e. The smallest absolute Gasteiger partial charge is 0.335 e. The van der Waals surface area contributed by atoms with Gasteiger partial charge in [-0.1, -0.05) is 44.0 Å². The molecule has 0 atom stereocenters. The fourth-order valence-corrected chi connectivity index (χ4v) is 0.885. The van der Waals surface area contributed by atoms with Gasteiger partial charge in [0, 0.05) is 0 Å². The van der Waals surface area contributed by atoms with Gasteiger partial charge in [0.15, 0.2) is 0 Å². The predicted molar refractivity (Wildman–Crippen MR) is 70.3 cm³/mol. The fourth-order valence-electron chi connectivity index (χ4n) is 0.885. The highest BCUT2D eigenvalue weighted by molar-refractivity contribution is 5.93. The number of carboxylic acids is 1. The summed E-state index contributed by atoms with van der Waals surface area (Å²) in [5.41, 5.74) is 1.15. The van der Waals surface area contributed by atoms with E-state index in [0.717, 1.165) is 0 Å². The van der Waals surface area contributed by atoms with Gasteiger partial charge in [-0.15, -0.1) is 13.2 Å². The van der Waals surface area contributed by atoms with Crippen molar-refractivity contribution in [2.24, 2.45) is 0 Å². The van der Waals surface area contributed by atoms with Crippen LogP contribution >= 0.6 is 0 Å². The molecule has 0 saturated carbocycles. The van der Waals surface area contributed by atoms with Crippen LogP contribution in [-0.4, -0.2) is 11.1 Å². The molecule has 0 aliphatic heterocycles. The van der Waals surface area contributed by atoms with Crippen LogP contribution in [0.4, 0.5) is 0 Å². The molecule has 0 amide bonds. The van der Waals surface area contributed by atoms with Crippen LogP contribution in [0.3, 0.4) is 0 Å². The van der Waals surface area contributed by atoms with Crippen LogP contribution in [0.1, 0.15) is 6.92 Å². The maximum absolute atomic E-state index is 10.7. The number of carbonyl (C=O) groups is 1. The molecular formula is C14H18O2. The van der Waals surface area contributed by atoms with Gasteiger partial charge in [-0.25, -0.2) is 4.79 Å². The van der Waals surface area contributed by atoms with Gasteiger partial charge in [0.05, 0.1) is 5.57 Å². The summed E-state index contributed by atoms with van der Waals surface area (Å²) in [6.45, 7) is 18.5. The molecule has 0 aliphatic rings. The maximum atomic E-state index is 10.7. The quantitative estimate of drug-likeness (QED) is 0.434. The van der Waals surface area contributed by atoms with Crippen LogP contribution in [0.15, 0.2) is 73.9 Å². The Morgan fingerprint density at radius 3 is 2.06 bits per heavy atom. The highest BCUT2D eigenvalue weighted by Crippen LogP contribution is 2.17. The van der Waals surface area contributed by atoms with E-state index in [-0.39, 0.29) is 5.57 Å². The van der Waals surface area contributed by atoms with Crippen molar-refractivity contribution < 1.29 is 9.90 Å². The monoisotopic (exact) mass is 218 g/mol. The number of allylic oxidation sites excluding steroid dienone is 5. The van der Waals surface area contributed by atoms with Gasteiger partial charge in [-0.05, 0) is 18.1 Å². The molecule has 0 aromatic carbocycles. The molecule has 0 aromatic rings. The third-order valence-corrected chi connectivity index (χ3v) is 1.67. The summed E-state index contributed by atoms with van der Waals surface area (Å²) in [6.07, 6.45) is 6.44. The number of carboxylic acid groups (broad SMARTS) is 1. The molecule has 2 nitrogen and oxygen atoms in total. The first-order valence-electron chi connectivity index (χ1n) is 4.61. The molecule has 0 rings (SSSR count). The molecule has 0 unspecified atom stereocenters. The van der Waals surface area contributed by atoms with E-state index in [1.807, 2.05) is 0 Å². The molecule has 0 radical (unpaired) electrons. The van der Waals surface area contributed by atoms with Crippen LogP contribution in [0.5, 0.6) is 0 Å². The van der Waals surface area contributed by atoms with Crippen molar-refractivity contribution in [2.75, 3.05) is 0 Å². The van der Waals surface area contributed by atoms with Crippen LogP contribution < -0.4 is 0 Å². The highest BCUT2D eigenvalue weighted by atomic mass is 16.4. The molecule has 0 aromatic heterocycles. The maximum Gasteiger partial charge on any atom is 0.335 e. The Morgan fingerprint density at radius 1 is 1.25 bits per heavy atom. The lowest BCUT2D eigenvalue weighted by Gasteiger charge is -2.05. The van der Waals surface area contributed by atoms with Crippen molar-refractivity contribution in [3.8, 4) is 0 Å². The second kappa shape index (κ2) is 9.46. The van der Waals surface area contributed by atoms with Gasteiger partial charge in [0.25, 0.3) is 0 Å². The Balaban J connectivity index is 0. The lowest BCUT2D eigenvalue weighted by atomic mass is 10.0. The second-order valence-electron chi connectivity index (χ2n) is 2.61. The van der Waals surface area contributed by atoms with Crippen LogP contribution in [-0.2, 0) is 4.79 Å². The van der Waals surface area contributed by atoms with Crippen molar-refractivity contribution >= 4 is 5.97 Å². The molecule has 1 N–H and O–H groups in total. The Hall–Kier alpha value is -2.09. The summed E-state index contributed by atoms with van der Waals surface area (Å²) in [5.74, 6) is -0.995. The molecular weight excluding hydrogens is 200 g/mol. The van der Waals surface area contributed by atoms with Crippen molar-refractivity contribution in [2.45, 2.75) is 6.92 Å². The first kappa shape index (κ1) is 16.3. The summed E-state index contributed by atoms with van der Waals surface area (Å²) in [4.78, 5) is 10.7. The zero-order valence-electron chi connectivity index (χ0n) is 9.70. The number of rotatable bonds is 5. The van der Waals surface area contributed by atoms with Gasteiger partial charge < -0.3 is 5.11 Å². The Bertz CT molecular complexity index is 344. The standard InChI is InChI=1S/C12H14O2.C2H4/c1-5-7-8-9(3)10(4)11(6-2)12(13)14;1-2/h5-8H,1,3-4H2,2H3,(H,13,14);1-2H2/b8-7-,11-6+;. The molecule has 0 aliphatic carbocycles. The summed E-state index contributed by atoms with van der Waals surface area (Å²) >= 11 is 0. The second-order valence-corrected chi connectivity index (χ2v) is 2.61. The minimum absolute atomic E-state index is 0.170. The van der Waals surface area contributed by atoms with Crippen LogP contribution in [0.25, 0.3) is 0 Å². The number of hydrogen-bond acceptors (Lipinski definition) is 1. The summed E-state index contributed by atoms with van der Waals surface area (Å²) < 4.78 is 0. The summed E-state index contributed by atoms with van der Waals surface area (Å²) in [7, 11) is 0. The minimum atomic E-state index is -0.995. The largest absolute Gasteiger partial charge is 0.478 e. The topological polar surface area (TPSA) is 37.3 Å². The van der Waals surface area contributed by atoms with Gasteiger partial charge in [0.1, 0.15) is 0 Å². The van der Waals surface area contributed by atoms with E-state index in [1.165, 1.54) is 6.08 Å². The normalized spacial score (nSPS) is 10.2. The number of aliphatic carboxylic acids is 1. The van der Waals surface area contributed by atoms with E-state index >= 15 is 0 Å². The van der Waals surface area contributed by atoms with E-state index in [1.54, 1.807) is 25.2 Å². The SMILES string of the molecule is C=C.C=C/C=C\C(=C)C(=C)/C(=C\C)C(=O)O. The van der Waals surface area contributed by atoms with Crippen molar-refractivity contribution in [1.29, 1.82) is 0 Å². The Labute approximate surface area is 97.3 Å². The lowest BCUT2D eigenvalue weighted by molar-refractivity contribution is -0.132. The van der Waals surface area contributed by atoms with E-state index in [4.69, 9.17) is 5.11 Å². The predicted octanol–water partition coefficient (Wildman–Crippen LogP) is 3.67. The molecule has 0 spiro atoms. The average Bonchev–Trinajstić information content (AvgIpc) is 2.28. The molecule has 0 bridgehead atoms. The molecule has 0 heterocycles. The molecule has 0 saturated heterocycles. The fraction of sp³-hybridized carbons (Fsp3) is 0.0714. The molecule has 0 fully saturated rings. The Kier molecular flexibility index (Phi) is 9.67. The van der Waals surface area contributed by atoms with E-state index in [2.05, 4.69) is 32.9 Å². The highest BCUT2D eigenvalue weighted by Gasteiger charge is 2.10. The van der Waals surface area contributed by atoms with Crippen molar-refractivity contribution in [3.63, 3.8) is 0 Å². The van der Waals surface area contributed by atoms with Crippen molar-refractivity contribution in [3.05, 3.63) is 73.9 Å². The molecule has 16 heavy (non-hydrogen) atoms. The first-order valence-corrected chi connectivity index (χ1v) is 4.61. The van der Waals surface area contributed by atoms with Crippen LogP contribution in [0, 0.1) is 0 Å². The molecule has 2 heteroatoms. The lowest BCUT2D eigenvalue weighted by Crippen LogP contribution is -2.03. The zero-order valence-corrected chi connectivity index (χ0v) is 9.70. The van der Waals surface area contributed by atoms with E-state index in [9.17, 15) is 4.79 Å².